The third-order valence-electron chi connectivity index (χ3n) is 5.53. The lowest BCUT2D eigenvalue weighted by Gasteiger charge is -2.39. The number of benzene rings is 1. The molecule has 2 rings (SSSR count). The predicted octanol–water partition coefficient (Wildman–Crippen LogP) is 3.45. The number of sulfone groups is 1. The van der Waals surface area contributed by atoms with Gasteiger partial charge in [0.05, 0.1) is 11.5 Å². The van der Waals surface area contributed by atoms with Crippen molar-refractivity contribution in [1.82, 2.24) is 4.90 Å². The summed E-state index contributed by atoms with van der Waals surface area (Å²) in [6.07, 6.45) is 3.85. The van der Waals surface area contributed by atoms with Crippen LogP contribution in [0.3, 0.4) is 0 Å². The van der Waals surface area contributed by atoms with Crippen LogP contribution in [0, 0.1) is 11.8 Å². The average Bonchev–Trinajstić information content (AvgIpc) is 2.75. The molecule has 1 fully saturated rings. The molecule has 1 aromatic rings. The van der Waals surface area contributed by atoms with Gasteiger partial charge in [-0.2, -0.15) is 0 Å². The van der Waals surface area contributed by atoms with E-state index in [0.29, 0.717) is 18.8 Å². The maximum absolute atomic E-state index is 13.6. The Balaban J connectivity index is 2.23. The lowest BCUT2D eigenvalue weighted by atomic mass is 9.95. The van der Waals surface area contributed by atoms with Gasteiger partial charge in [-0.1, -0.05) is 25.7 Å². The van der Waals surface area contributed by atoms with Crippen molar-refractivity contribution in [1.29, 1.82) is 0 Å². The molecule has 0 aliphatic carbocycles. The van der Waals surface area contributed by atoms with Crippen molar-refractivity contribution in [2.45, 2.75) is 62.5 Å². The quantitative estimate of drug-likeness (QED) is 0.318. The van der Waals surface area contributed by atoms with Gasteiger partial charge in [0.25, 0.3) is 0 Å². The molecule has 0 saturated carbocycles. The molecule has 166 valence electrons. The first-order valence-corrected chi connectivity index (χ1v) is 12.2. The van der Waals surface area contributed by atoms with E-state index in [0.717, 1.165) is 25.8 Å². The highest BCUT2D eigenvalue weighted by Crippen LogP contribution is 2.37. The van der Waals surface area contributed by atoms with Gasteiger partial charge in [0, 0.05) is 13.1 Å². The highest BCUT2D eigenvalue weighted by Gasteiger charge is 2.54. The van der Waals surface area contributed by atoms with E-state index in [1.54, 1.807) is 26.0 Å². The molecule has 0 amide bonds. The maximum Gasteiger partial charge on any atom is 0.327 e. The summed E-state index contributed by atoms with van der Waals surface area (Å²) < 4.78 is 36.3. The fourth-order valence-corrected chi connectivity index (χ4v) is 5.64. The van der Waals surface area contributed by atoms with Crippen molar-refractivity contribution in [3.05, 3.63) is 24.3 Å². The average molecular weight is 436 g/mol. The molecule has 30 heavy (non-hydrogen) atoms. The van der Waals surface area contributed by atoms with Gasteiger partial charge < -0.3 is 14.4 Å². The minimum atomic E-state index is -3.92. The lowest BCUT2D eigenvalue weighted by molar-refractivity contribution is -0.147. The van der Waals surface area contributed by atoms with Crippen molar-refractivity contribution in [3.63, 3.8) is 0 Å². The summed E-state index contributed by atoms with van der Waals surface area (Å²) in [7, 11) is -3.92. The Morgan fingerprint density at radius 2 is 1.80 bits per heavy atom. The number of likely N-dealkylation sites (tertiary alicyclic amines) is 1. The van der Waals surface area contributed by atoms with Crippen LogP contribution in [0.2, 0.25) is 0 Å². The zero-order chi connectivity index (χ0) is 22.0. The van der Waals surface area contributed by atoms with Crippen LogP contribution in [-0.4, -0.2) is 56.9 Å². The largest absolute Gasteiger partial charge is 0.481 e. The predicted molar refractivity (Wildman–Crippen MR) is 117 cm³/mol. The topological polar surface area (TPSA) is 72.9 Å². The smallest absolute Gasteiger partial charge is 0.327 e. The molecule has 1 saturated heterocycles. The second-order valence-electron chi connectivity index (χ2n) is 7.45. The van der Waals surface area contributed by atoms with Gasteiger partial charge in [-0.25, -0.2) is 8.42 Å². The Bertz CT molecular complexity index is 844. The fourth-order valence-electron chi connectivity index (χ4n) is 3.70. The van der Waals surface area contributed by atoms with Crippen LogP contribution in [0.5, 0.6) is 5.75 Å². The van der Waals surface area contributed by atoms with Gasteiger partial charge in [0.1, 0.15) is 12.4 Å². The Morgan fingerprint density at radius 3 is 2.37 bits per heavy atom. The monoisotopic (exact) mass is 435 g/mol. The normalized spacial score (nSPS) is 16.4. The summed E-state index contributed by atoms with van der Waals surface area (Å²) in [5, 5.41) is 0. The number of unbranched alkanes of at least 4 members (excludes halogenated alkanes) is 2. The van der Waals surface area contributed by atoms with Crippen molar-refractivity contribution >= 4 is 15.8 Å². The van der Waals surface area contributed by atoms with Gasteiger partial charge >= 0.3 is 5.97 Å². The fraction of sp³-hybridized carbons (Fsp3) is 0.609. The van der Waals surface area contributed by atoms with Crippen molar-refractivity contribution in [2.75, 3.05) is 32.8 Å². The van der Waals surface area contributed by atoms with E-state index in [9.17, 15) is 13.2 Å². The number of carbonyl (C=O) groups is 1. The standard InChI is InChI=1S/C23H33NO5S/c1-4-7-9-16-24-17-14-23(15-18-24,22(25)28-6-3)30(26,27)21-12-10-20(11-13-21)29-19-8-5-2/h10-13H,4,6-7,9,14-19H2,1-3H3. The second kappa shape index (κ2) is 11.4. The van der Waals surface area contributed by atoms with Crippen molar-refractivity contribution in [3.8, 4) is 17.6 Å². The Labute approximate surface area is 180 Å². The second-order valence-corrected chi connectivity index (χ2v) is 9.71. The molecular formula is C23H33NO5S. The molecule has 0 radical (unpaired) electrons. The summed E-state index contributed by atoms with van der Waals surface area (Å²) in [6.45, 7) is 8.04. The first-order chi connectivity index (χ1) is 14.4. The zero-order valence-electron chi connectivity index (χ0n) is 18.3. The minimum Gasteiger partial charge on any atom is -0.481 e. The molecule has 0 bridgehead atoms. The Kier molecular flexibility index (Phi) is 9.19. The molecule has 1 aromatic carbocycles. The van der Waals surface area contributed by atoms with E-state index in [1.165, 1.54) is 12.1 Å². The van der Waals surface area contributed by atoms with E-state index < -0.39 is 20.6 Å². The van der Waals surface area contributed by atoms with E-state index in [-0.39, 0.29) is 31.0 Å². The van der Waals surface area contributed by atoms with Crippen LogP contribution in [0.1, 0.15) is 52.9 Å². The number of piperidine rings is 1. The van der Waals surface area contributed by atoms with Crippen LogP contribution in [0.4, 0.5) is 0 Å². The summed E-state index contributed by atoms with van der Waals surface area (Å²) in [4.78, 5) is 15.2. The summed E-state index contributed by atoms with van der Waals surface area (Å²) in [6, 6.07) is 6.20. The summed E-state index contributed by atoms with van der Waals surface area (Å²) >= 11 is 0. The SMILES string of the molecule is CC#CCOc1ccc(S(=O)(=O)C2(C(=O)OCC)CCN(CCCCC)CC2)cc1. The van der Waals surface area contributed by atoms with Crippen molar-refractivity contribution < 1.29 is 22.7 Å². The first-order valence-electron chi connectivity index (χ1n) is 10.7. The van der Waals surface area contributed by atoms with E-state index >= 15 is 0 Å². The number of ether oxygens (including phenoxy) is 2. The molecule has 1 aliphatic heterocycles. The maximum atomic E-state index is 13.6. The van der Waals surface area contributed by atoms with Gasteiger partial charge in [0.2, 0.25) is 0 Å². The van der Waals surface area contributed by atoms with Crippen LogP contribution >= 0.6 is 0 Å². The summed E-state index contributed by atoms with van der Waals surface area (Å²) in [5.74, 6) is 5.43. The van der Waals surface area contributed by atoms with Gasteiger partial charge in [-0.05, 0) is 63.9 Å². The number of nitrogens with zero attached hydrogens (tertiary/aromatic N) is 1. The third kappa shape index (κ3) is 5.55. The minimum absolute atomic E-state index is 0.115. The molecule has 0 atom stereocenters. The molecule has 7 heteroatoms. The zero-order valence-corrected chi connectivity index (χ0v) is 19.1. The van der Waals surface area contributed by atoms with E-state index in [4.69, 9.17) is 9.47 Å². The molecule has 1 heterocycles. The Hall–Kier alpha value is -2.04. The lowest BCUT2D eigenvalue weighted by Crippen LogP contribution is -2.55. The van der Waals surface area contributed by atoms with Crippen LogP contribution < -0.4 is 4.74 Å². The number of hydrogen-bond donors (Lipinski definition) is 0. The van der Waals surface area contributed by atoms with Crippen LogP contribution in [-0.2, 0) is 19.4 Å². The number of carbonyl (C=O) groups excluding carboxylic acids is 1. The highest BCUT2D eigenvalue weighted by atomic mass is 32.2. The molecule has 0 unspecified atom stereocenters. The number of rotatable bonds is 10. The molecule has 0 N–H and O–H groups in total. The highest BCUT2D eigenvalue weighted by molar-refractivity contribution is 7.93. The molecular weight excluding hydrogens is 402 g/mol. The van der Waals surface area contributed by atoms with E-state index in [2.05, 4.69) is 23.7 Å². The third-order valence-corrected chi connectivity index (χ3v) is 8.02. The van der Waals surface area contributed by atoms with E-state index in [1.807, 2.05) is 0 Å². The molecule has 1 aliphatic rings. The first kappa shape index (κ1) is 24.2. The van der Waals surface area contributed by atoms with Gasteiger partial charge in [-0.3, -0.25) is 4.79 Å². The van der Waals surface area contributed by atoms with Gasteiger partial charge in [0.15, 0.2) is 14.6 Å². The number of hydrogen-bond acceptors (Lipinski definition) is 6. The van der Waals surface area contributed by atoms with Gasteiger partial charge in [-0.15, -0.1) is 5.92 Å². The molecule has 0 aromatic heterocycles. The Morgan fingerprint density at radius 1 is 1.13 bits per heavy atom. The molecule has 6 nitrogen and oxygen atoms in total. The van der Waals surface area contributed by atoms with Crippen molar-refractivity contribution in [2.24, 2.45) is 0 Å². The molecule has 0 spiro atoms. The van der Waals surface area contributed by atoms with Crippen LogP contribution in [0.15, 0.2) is 29.2 Å². The number of esters is 1. The van der Waals surface area contributed by atoms with Crippen LogP contribution in [0.25, 0.3) is 0 Å². The summed E-state index contributed by atoms with van der Waals surface area (Å²) in [5.41, 5.74) is 0.